The lowest BCUT2D eigenvalue weighted by molar-refractivity contribution is -0.800. The first-order chi connectivity index (χ1) is 15.0. The third-order valence-electron chi connectivity index (χ3n) is 4.65. The highest BCUT2D eigenvalue weighted by molar-refractivity contribution is 5.74. The highest BCUT2D eigenvalue weighted by Gasteiger charge is 2.30. The van der Waals surface area contributed by atoms with Gasteiger partial charge in [0.2, 0.25) is 0 Å². The summed E-state index contributed by atoms with van der Waals surface area (Å²) in [6, 6.07) is 9.30. The Hall–Kier alpha value is -4.40. The van der Waals surface area contributed by atoms with Crippen molar-refractivity contribution < 1.29 is 24.6 Å². The van der Waals surface area contributed by atoms with E-state index in [4.69, 9.17) is 4.74 Å². The maximum Gasteiger partial charge on any atom is 0.295 e. The number of pyridine rings is 1. The molecule has 2 atom stereocenters. The minimum atomic E-state index is -1.50. The molecule has 2 unspecified atom stereocenters. The molecule has 0 radical (unpaired) electrons. The zero-order valence-electron chi connectivity index (χ0n) is 17.3. The average Bonchev–Trinajstić information content (AvgIpc) is 2.69. The Morgan fingerprint density at radius 2 is 1.84 bits per heavy atom. The summed E-state index contributed by atoms with van der Waals surface area (Å²) in [6.07, 6.45) is 0.213. The molecular formula is C20H18N4O8. The van der Waals surface area contributed by atoms with E-state index in [1.165, 1.54) is 23.8 Å². The fraction of sp³-hybridized carbons (Fsp3) is 0.300. The van der Waals surface area contributed by atoms with Gasteiger partial charge in [-0.05, 0) is 56.7 Å². The van der Waals surface area contributed by atoms with Crippen molar-refractivity contribution in [3.8, 4) is 11.8 Å². The van der Waals surface area contributed by atoms with Gasteiger partial charge in [0.25, 0.3) is 15.7 Å². The first kappa shape index (κ1) is 22.3. The van der Waals surface area contributed by atoms with E-state index in [1.54, 1.807) is 38.1 Å². The van der Waals surface area contributed by atoms with Gasteiger partial charge in [0.1, 0.15) is 17.5 Å². The third kappa shape index (κ3) is 4.67. The van der Waals surface area contributed by atoms with Gasteiger partial charge in [0.15, 0.2) is 6.10 Å². The Morgan fingerprint density at radius 3 is 2.44 bits per heavy atom. The van der Waals surface area contributed by atoms with Crippen LogP contribution in [-0.2, 0) is 9.68 Å². The molecule has 0 saturated heterocycles. The van der Waals surface area contributed by atoms with Crippen LogP contribution in [0, 0.1) is 31.6 Å². The first-order valence-corrected chi connectivity index (χ1v) is 9.32. The van der Waals surface area contributed by atoms with Gasteiger partial charge in [-0.25, -0.2) is 0 Å². The van der Waals surface area contributed by atoms with Gasteiger partial charge in [-0.3, -0.25) is 9.36 Å². The van der Waals surface area contributed by atoms with Gasteiger partial charge >= 0.3 is 0 Å². The van der Waals surface area contributed by atoms with Crippen LogP contribution in [0.25, 0.3) is 5.70 Å². The molecule has 0 bridgehead atoms. The Labute approximate surface area is 181 Å². The molecule has 0 spiro atoms. The molecule has 1 aromatic heterocycles. The van der Waals surface area contributed by atoms with Crippen molar-refractivity contribution in [3.05, 3.63) is 89.9 Å². The fourth-order valence-electron chi connectivity index (χ4n) is 3.38. The van der Waals surface area contributed by atoms with Crippen molar-refractivity contribution in [1.29, 1.82) is 5.26 Å². The Bertz CT molecular complexity index is 1210. The molecular weight excluding hydrogens is 424 g/mol. The number of hydrogen-bond donors (Lipinski definition) is 0. The average molecular weight is 442 g/mol. The summed E-state index contributed by atoms with van der Waals surface area (Å²) in [5, 5.41) is 28.5. The number of hydrogen-bond acceptors (Lipinski definition) is 9. The molecule has 2 aromatic rings. The number of aromatic nitrogens is 1. The Kier molecular flexibility index (Phi) is 5.84. The number of fused-ring (bicyclic) bond motifs is 1. The van der Waals surface area contributed by atoms with E-state index < -0.39 is 33.5 Å². The van der Waals surface area contributed by atoms with Gasteiger partial charge < -0.3 is 14.4 Å². The molecule has 1 aliphatic rings. The molecule has 2 heterocycles. The van der Waals surface area contributed by atoms with E-state index in [9.17, 15) is 30.3 Å². The molecule has 0 N–H and O–H groups in total. The Morgan fingerprint density at radius 1 is 1.16 bits per heavy atom. The smallest absolute Gasteiger partial charge is 0.295 e. The second-order valence-electron chi connectivity index (χ2n) is 7.51. The zero-order valence-corrected chi connectivity index (χ0v) is 17.3. The lowest BCUT2D eigenvalue weighted by Gasteiger charge is -2.31. The quantitative estimate of drug-likeness (QED) is 0.464. The largest absolute Gasteiger partial charge is 0.483 e. The summed E-state index contributed by atoms with van der Waals surface area (Å²) in [5.74, 6) is 0.477. The molecule has 0 aliphatic carbocycles. The number of benzene rings is 1. The van der Waals surface area contributed by atoms with Crippen LogP contribution in [0.3, 0.4) is 0 Å². The number of rotatable bonds is 7. The summed E-state index contributed by atoms with van der Waals surface area (Å²) < 4.78 is 7.20. The van der Waals surface area contributed by atoms with E-state index in [-0.39, 0.29) is 5.56 Å². The van der Waals surface area contributed by atoms with Gasteiger partial charge in [-0.2, -0.15) is 5.26 Å². The van der Waals surface area contributed by atoms with Gasteiger partial charge in [-0.15, -0.1) is 20.2 Å². The van der Waals surface area contributed by atoms with Crippen LogP contribution >= 0.6 is 0 Å². The van der Waals surface area contributed by atoms with E-state index in [0.717, 1.165) is 6.07 Å². The van der Waals surface area contributed by atoms with E-state index >= 15 is 0 Å². The summed E-state index contributed by atoms with van der Waals surface area (Å²) in [6.45, 7) is 4.81. The normalized spacial score (nSPS) is 15.8. The number of nitriles is 1. The molecule has 12 heteroatoms. The molecule has 32 heavy (non-hydrogen) atoms. The van der Waals surface area contributed by atoms with Crippen LogP contribution in [0.2, 0.25) is 0 Å². The summed E-state index contributed by atoms with van der Waals surface area (Å²) in [4.78, 5) is 43.4. The van der Waals surface area contributed by atoms with Crippen molar-refractivity contribution in [3.63, 3.8) is 0 Å². The fourth-order valence-corrected chi connectivity index (χ4v) is 3.38. The lowest BCUT2D eigenvalue weighted by atomic mass is 9.97. The standard InChI is InChI=1S/C20H18N4O8/c1-12(31-23(26)27)19(32-24(28)29)14-6-7-22(18(25)9-14)16-10-20(2,3)30-17-5-4-13(11-21)8-15(16)17/h4-10,12,19H,1-3H3. The minimum Gasteiger partial charge on any atom is -0.483 e. The van der Waals surface area contributed by atoms with Crippen molar-refractivity contribution in [1.82, 2.24) is 4.57 Å². The molecule has 0 saturated carbocycles. The SMILES string of the molecule is CC(O[N+](=O)[O-])C(O[N+](=O)[O-])c1ccn(C2=CC(C)(C)Oc3ccc(C#N)cc32)c(=O)c1. The molecule has 12 nitrogen and oxygen atoms in total. The Balaban J connectivity index is 2.08. The van der Waals surface area contributed by atoms with E-state index in [0.29, 0.717) is 22.6 Å². The topological polar surface area (TPSA) is 160 Å². The third-order valence-corrected chi connectivity index (χ3v) is 4.65. The van der Waals surface area contributed by atoms with Crippen LogP contribution in [0.15, 0.2) is 47.4 Å². The maximum atomic E-state index is 13.0. The molecule has 0 amide bonds. The maximum absolute atomic E-state index is 13.0. The van der Waals surface area contributed by atoms with Gasteiger partial charge in [0, 0.05) is 17.8 Å². The van der Waals surface area contributed by atoms with Crippen LogP contribution in [0.5, 0.6) is 5.75 Å². The van der Waals surface area contributed by atoms with Crippen LogP contribution in [0.4, 0.5) is 0 Å². The van der Waals surface area contributed by atoms with Gasteiger partial charge in [-0.1, -0.05) is 0 Å². The van der Waals surface area contributed by atoms with Crippen LogP contribution < -0.4 is 10.3 Å². The predicted octanol–water partition coefficient (Wildman–Crippen LogP) is 2.63. The minimum absolute atomic E-state index is 0.0234. The lowest BCUT2D eigenvalue weighted by Crippen LogP contribution is -2.32. The predicted molar refractivity (Wildman–Crippen MR) is 108 cm³/mol. The summed E-state index contributed by atoms with van der Waals surface area (Å²) >= 11 is 0. The van der Waals surface area contributed by atoms with E-state index in [1.807, 2.05) is 6.07 Å². The molecule has 0 fully saturated rings. The second kappa shape index (κ2) is 8.38. The van der Waals surface area contributed by atoms with Crippen molar-refractivity contribution >= 4 is 5.70 Å². The highest BCUT2D eigenvalue weighted by atomic mass is 17.0. The van der Waals surface area contributed by atoms with Crippen molar-refractivity contribution in [2.45, 2.75) is 38.6 Å². The second-order valence-corrected chi connectivity index (χ2v) is 7.51. The summed E-state index contributed by atoms with van der Waals surface area (Å²) in [5.41, 5.74) is 0.0144. The zero-order chi connectivity index (χ0) is 23.6. The molecule has 166 valence electrons. The highest BCUT2D eigenvalue weighted by Crippen LogP contribution is 2.37. The van der Waals surface area contributed by atoms with E-state index in [2.05, 4.69) is 9.68 Å². The van der Waals surface area contributed by atoms with Crippen LogP contribution in [0.1, 0.15) is 43.6 Å². The van der Waals surface area contributed by atoms with Gasteiger partial charge in [0.05, 0.1) is 17.3 Å². The van der Waals surface area contributed by atoms with Crippen molar-refractivity contribution in [2.24, 2.45) is 0 Å². The molecule has 1 aromatic carbocycles. The summed E-state index contributed by atoms with van der Waals surface area (Å²) in [7, 11) is 0. The number of nitrogens with zero attached hydrogens (tertiary/aromatic N) is 4. The van der Waals surface area contributed by atoms with Crippen molar-refractivity contribution in [2.75, 3.05) is 0 Å². The monoisotopic (exact) mass is 442 g/mol. The van der Waals surface area contributed by atoms with Crippen LogP contribution in [-0.4, -0.2) is 26.4 Å². The first-order valence-electron chi connectivity index (χ1n) is 9.32. The molecule has 3 rings (SSSR count). The number of ether oxygens (including phenoxy) is 1. The molecule has 1 aliphatic heterocycles.